The first-order chi connectivity index (χ1) is 2.41. The Morgan fingerprint density at radius 1 is 1.80 bits per heavy atom. The number of rotatable bonds is 2. The molecule has 0 unspecified atom stereocenters. The van der Waals surface area contributed by atoms with Crippen molar-refractivity contribution in [2.24, 2.45) is 0 Å². The molecule has 0 heterocycles. The Hall–Kier alpha value is 1.01. The molecule has 0 saturated heterocycles. The fraction of sp³-hybridized carbons (Fsp3) is 1.00. The van der Waals surface area contributed by atoms with Crippen molar-refractivity contribution in [3.05, 3.63) is 0 Å². The van der Waals surface area contributed by atoms with E-state index in [4.69, 9.17) is 0 Å². The van der Waals surface area contributed by atoms with E-state index in [0.717, 1.165) is 11.1 Å². The second-order valence-corrected chi connectivity index (χ2v) is 1.78. The third-order valence-corrected chi connectivity index (χ3v) is 1.43. The number of thiol groups is 1. The van der Waals surface area contributed by atoms with Crippen LogP contribution in [0.1, 0.15) is 0 Å². The molecule has 0 aliphatic rings. The van der Waals surface area contributed by atoms with Gasteiger partial charge in [0.1, 0.15) is 0 Å². The summed E-state index contributed by atoms with van der Waals surface area (Å²) in [6.45, 7) is 0. The van der Waals surface area contributed by atoms with Crippen LogP contribution in [0.3, 0.4) is 0 Å². The Kier molecular flexibility index (Phi) is 6.02. The Bertz CT molecular complexity index is 14.4. The summed E-state index contributed by atoms with van der Waals surface area (Å²) in [5.74, 6) is 0. The van der Waals surface area contributed by atoms with Crippen LogP contribution in [-0.4, -0.2) is 6.26 Å². The van der Waals surface area contributed by atoms with Gasteiger partial charge in [-0.15, -0.1) is 0 Å². The molecule has 0 N–H and O–H groups in total. The maximum Gasteiger partial charge on any atom is 0.0743 e. The van der Waals surface area contributed by atoms with Gasteiger partial charge in [0.2, 0.25) is 0 Å². The third kappa shape index (κ3) is 5.01. The van der Waals surface area contributed by atoms with E-state index in [2.05, 4.69) is 15.3 Å². The monoisotopic (exact) mass is 128 g/mol. The van der Waals surface area contributed by atoms with Crippen molar-refractivity contribution in [1.29, 1.82) is 0 Å². The van der Waals surface area contributed by atoms with E-state index < -0.39 is 0 Å². The van der Waals surface area contributed by atoms with Crippen molar-refractivity contribution in [2.75, 3.05) is 6.26 Å². The molecule has 0 aliphatic heterocycles. The minimum atomic E-state index is 1.06. The molecule has 5 heavy (non-hydrogen) atoms. The highest BCUT2D eigenvalue weighted by molar-refractivity contribution is 8.67. The normalized spacial score (nSPS) is 8.40. The molecule has 0 bridgehead atoms. The lowest BCUT2D eigenvalue weighted by Crippen LogP contribution is -1.45. The molecule has 1 nitrogen and oxygen atoms in total. The van der Waals surface area contributed by atoms with Crippen LogP contribution >= 0.6 is 34.8 Å². The molecule has 0 aromatic heterocycles. The first-order valence-corrected chi connectivity index (χ1v) is 3.87. The molecule has 0 amide bonds. The van der Waals surface area contributed by atoms with Gasteiger partial charge in [-0.2, -0.15) is 0 Å². The van der Waals surface area contributed by atoms with Gasteiger partial charge in [0, 0.05) is 18.3 Å². The van der Waals surface area contributed by atoms with Gasteiger partial charge in [-0.25, -0.2) is 3.63 Å². The van der Waals surface area contributed by atoms with Crippen LogP contribution in [0, 0.1) is 0 Å². The predicted octanol–water partition coefficient (Wildman–Crippen LogP) is 1.77. The molecule has 0 aliphatic carbocycles. The molecule has 0 radical (unpaired) electrons. The minimum Gasteiger partial charge on any atom is -0.236 e. The molecule has 0 fully saturated rings. The van der Waals surface area contributed by atoms with Crippen molar-refractivity contribution in [2.45, 2.75) is 0 Å². The van der Waals surface area contributed by atoms with E-state index in [-0.39, 0.29) is 0 Å². The summed E-state index contributed by atoms with van der Waals surface area (Å²) < 4.78 is 4.53. The smallest absolute Gasteiger partial charge is 0.0743 e. The second-order valence-electron chi connectivity index (χ2n) is 0.309. The van der Waals surface area contributed by atoms with Gasteiger partial charge in [-0.1, -0.05) is 11.7 Å². The lowest BCUT2D eigenvalue weighted by molar-refractivity contribution is 0.777. The zero-order valence-electron chi connectivity index (χ0n) is 2.67. The summed E-state index contributed by atoms with van der Waals surface area (Å²) in [6, 6.07) is 0. The van der Waals surface area contributed by atoms with Crippen molar-refractivity contribution < 1.29 is 3.63 Å². The molecule has 0 saturated carbocycles. The van der Waals surface area contributed by atoms with Crippen LogP contribution < -0.4 is 0 Å². The van der Waals surface area contributed by atoms with Crippen LogP contribution in [0.25, 0.3) is 0 Å². The highest BCUT2D eigenvalue weighted by Crippen LogP contribution is 2.13. The largest absolute Gasteiger partial charge is 0.236 e. The lowest BCUT2D eigenvalue weighted by Gasteiger charge is -1.80. The molecule has 0 rings (SSSR count). The number of hydrogen-bond acceptors (Lipinski definition) is 4. The van der Waals surface area contributed by atoms with E-state index in [1.165, 1.54) is 12.0 Å². The van der Waals surface area contributed by atoms with Crippen molar-refractivity contribution >= 4 is 34.8 Å². The first kappa shape index (κ1) is 6.01. The van der Waals surface area contributed by atoms with Gasteiger partial charge in [0.15, 0.2) is 0 Å². The Morgan fingerprint density at radius 3 is 2.40 bits per heavy atom. The fourth-order valence-corrected chi connectivity index (χ4v) is 0.822. The van der Waals surface area contributed by atoms with Crippen LogP contribution in [0.5, 0.6) is 0 Å². The number of hydrogen-bond donors (Lipinski definition) is 1. The standard InChI is InChI=1S/CH4OS3/c1-4-2-5-3/h3H,1H3. The SMILES string of the molecule is CSOSS. The molecule has 0 aromatic rings. The van der Waals surface area contributed by atoms with Gasteiger partial charge in [-0.05, 0) is 0 Å². The Labute approximate surface area is 45.1 Å². The molecule has 4 heteroatoms. The topological polar surface area (TPSA) is 9.23 Å². The average Bonchev–Trinajstić information content (AvgIpc) is 1.41. The maximum absolute atomic E-state index is 4.53. The molecule has 0 atom stereocenters. The van der Waals surface area contributed by atoms with E-state index >= 15 is 0 Å². The average molecular weight is 128 g/mol. The summed E-state index contributed by atoms with van der Waals surface area (Å²) in [5.41, 5.74) is 0. The zero-order chi connectivity index (χ0) is 4.12. The second kappa shape index (κ2) is 5.01. The molecule has 32 valence electrons. The minimum absolute atomic E-state index is 1.06. The highest BCUT2D eigenvalue weighted by Gasteiger charge is 1.68. The molecular weight excluding hydrogens is 124 g/mol. The first-order valence-electron chi connectivity index (χ1n) is 0.924. The van der Waals surface area contributed by atoms with Gasteiger partial charge in [0.05, 0.1) is 11.1 Å². The van der Waals surface area contributed by atoms with Crippen molar-refractivity contribution in [1.82, 2.24) is 0 Å². The van der Waals surface area contributed by atoms with Gasteiger partial charge in [0.25, 0.3) is 0 Å². The van der Waals surface area contributed by atoms with E-state index in [0.29, 0.717) is 0 Å². The molecular formula is CH4OS3. The summed E-state index contributed by atoms with van der Waals surface area (Å²) in [6.07, 6.45) is 1.84. The summed E-state index contributed by atoms with van der Waals surface area (Å²) in [5, 5.41) is 0. The lowest BCUT2D eigenvalue weighted by atomic mass is 12.0. The fourth-order valence-electron chi connectivity index (χ4n) is 0.0304. The summed E-state index contributed by atoms with van der Waals surface area (Å²) in [7, 11) is 0. The predicted molar refractivity (Wildman–Crippen MR) is 31.2 cm³/mol. The summed E-state index contributed by atoms with van der Waals surface area (Å²) in [4.78, 5) is 0. The van der Waals surface area contributed by atoms with Crippen LogP contribution in [0.4, 0.5) is 0 Å². The van der Waals surface area contributed by atoms with Gasteiger partial charge < -0.3 is 0 Å². The van der Waals surface area contributed by atoms with Crippen LogP contribution in [0.2, 0.25) is 0 Å². The van der Waals surface area contributed by atoms with Gasteiger partial charge in [-0.3, -0.25) is 0 Å². The van der Waals surface area contributed by atoms with Crippen molar-refractivity contribution in [3.63, 3.8) is 0 Å². The van der Waals surface area contributed by atoms with Crippen molar-refractivity contribution in [3.8, 4) is 0 Å². The van der Waals surface area contributed by atoms with Crippen LogP contribution in [0.15, 0.2) is 0 Å². The maximum atomic E-state index is 4.53. The summed E-state index contributed by atoms with van der Waals surface area (Å²) >= 11 is 6.02. The van der Waals surface area contributed by atoms with Gasteiger partial charge >= 0.3 is 0 Å². The van der Waals surface area contributed by atoms with Crippen LogP contribution in [-0.2, 0) is 3.63 Å². The third-order valence-electron chi connectivity index (χ3n) is 0.0985. The quantitative estimate of drug-likeness (QED) is 0.345. The van der Waals surface area contributed by atoms with E-state index in [1.54, 1.807) is 0 Å². The Balaban J connectivity index is 2.19. The highest BCUT2D eigenvalue weighted by atomic mass is 33.1. The van der Waals surface area contributed by atoms with E-state index in [9.17, 15) is 0 Å². The molecule has 0 spiro atoms. The van der Waals surface area contributed by atoms with E-state index in [1.807, 2.05) is 6.26 Å². The molecule has 0 aromatic carbocycles. The Morgan fingerprint density at radius 2 is 2.40 bits per heavy atom. The zero-order valence-corrected chi connectivity index (χ0v) is 5.20.